The van der Waals surface area contributed by atoms with Crippen LogP contribution in [-0.4, -0.2) is 0 Å². The Morgan fingerprint density at radius 2 is 1.00 bits per heavy atom. The van der Waals surface area contributed by atoms with Crippen molar-refractivity contribution in [3.63, 3.8) is 0 Å². The van der Waals surface area contributed by atoms with E-state index < -0.39 is 0 Å². The van der Waals surface area contributed by atoms with Gasteiger partial charge >= 0.3 is 0 Å². The van der Waals surface area contributed by atoms with Crippen molar-refractivity contribution in [1.82, 2.24) is 0 Å². The van der Waals surface area contributed by atoms with E-state index in [1.54, 1.807) is 0 Å². The summed E-state index contributed by atoms with van der Waals surface area (Å²) in [5.41, 5.74) is 1.15. The van der Waals surface area contributed by atoms with Gasteiger partial charge in [0.1, 0.15) is 0 Å². The van der Waals surface area contributed by atoms with Crippen molar-refractivity contribution in [3.8, 4) is 0 Å². The van der Waals surface area contributed by atoms with Crippen LogP contribution in [0.1, 0.15) is 62.3 Å². The molecule has 0 N–H and O–H groups in total. The molecule has 0 saturated heterocycles. The molecular weight excluding hydrogens is 156 g/mol. The van der Waals surface area contributed by atoms with Gasteiger partial charge in [-0.25, -0.2) is 0 Å². The quantitative estimate of drug-likeness (QED) is 0.552. The minimum absolute atomic E-state index is 0.375. The summed E-state index contributed by atoms with van der Waals surface area (Å²) < 4.78 is 0. The first-order valence-corrected chi connectivity index (χ1v) is 5.40. The summed E-state index contributed by atoms with van der Waals surface area (Å²) in [6, 6.07) is 0. The molecule has 0 aromatic heterocycles. The molecule has 0 spiro atoms. The van der Waals surface area contributed by atoms with Gasteiger partial charge in [0.25, 0.3) is 0 Å². The van der Waals surface area contributed by atoms with Crippen LogP contribution in [0.2, 0.25) is 0 Å². The highest BCUT2D eigenvalue weighted by atomic mass is 14.5. The van der Waals surface area contributed by atoms with E-state index in [-0.39, 0.29) is 0 Å². The summed E-state index contributed by atoms with van der Waals surface area (Å²) >= 11 is 0. The maximum atomic E-state index is 2.39. The van der Waals surface area contributed by atoms with Crippen molar-refractivity contribution >= 4 is 0 Å². The van der Waals surface area contributed by atoms with Crippen LogP contribution in [-0.2, 0) is 0 Å². The zero-order valence-corrected chi connectivity index (χ0v) is 11.1. The van der Waals surface area contributed by atoms with Crippen molar-refractivity contribution in [2.24, 2.45) is 22.2 Å². The van der Waals surface area contributed by atoms with Crippen LogP contribution >= 0.6 is 0 Å². The third-order valence-corrected chi connectivity index (χ3v) is 4.31. The summed E-state index contributed by atoms with van der Waals surface area (Å²) in [4.78, 5) is 0. The maximum absolute atomic E-state index is 2.39. The largest absolute Gasteiger partial charge is 0.0615 e. The van der Waals surface area contributed by atoms with Crippen LogP contribution in [0, 0.1) is 22.2 Å². The van der Waals surface area contributed by atoms with E-state index in [0.717, 1.165) is 5.92 Å². The van der Waals surface area contributed by atoms with Gasteiger partial charge < -0.3 is 0 Å². The first-order chi connectivity index (χ1) is 5.40. The lowest BCUT2D eigenvalue weighted by molar-refractivity contribution is 0.00321. The minimum atomic E-state index is 0.375. The third kappa shape index (κ3) is 2.72. The molecule has 0 aromatic rings. The van der Waals surface area contributed by atoms with E-state index >= 15 is 0 Å². The zero-order valence-electron chi connectivity index (χ0n) is 11.1. The molecule has 0 rings (SSSR count). The second-order valence-corrected chi connectivity index (χ2v) is 7.06. The Hall–Kier alpha value is 0. The Labute approximate surface area is 85.1 Å². The average Bonchev–Trinajstić information content (AvgIpc) is 1.81. The fourth-order valence-corrected chi connectivity index (χ4v) is 1.73. The molecule has 0 saturated carbocycles. The zero-order chi connectivity index (χ0) is 11.1. The molecule has 0 fully saturated rings. The summed E-state index contributed by atoms with van der Waals surface area (Å²) in [6.45, 7) is 21.2. The van der Waals surface area contributed by atoms with Gasteiger partial charge in [-0.05, 0) is 22.2 Å². The van der Waals surface area contributed by atoms with Gasteiger partial charge in [0, 0.05) is 0 Å². The van der Waals surface area contributed by atoms with Crippen LogP contribution in [0.3, 0.4) is 0 Å². The second-order valence-electron chi connectivity index (χ2n) is 7.06. The number of hydrogen-bond acceptors (Lipinski definition) is 0. The Morgan fingerprint density at radius 3 is 1.08 bits per heavy atom. The molecule has 0 aliphatic heterocycles. The molecule has 0 heteroatoms. The van der Waals surface area contributed by atoms with E-state index in [0.29, 0.717) is 16.2 Å². The summed E-state index contributed by atoms with van der Waals surface area (Å²) in [5, 5.41) is 0. The van der Waals surface area contributed by atoms with E-state index in [1.807, 2.05) is 0 Å². The van der Waals surface area contributed by atoms with E-state index in [1.165, 1.54) is 0 Å². The lowest BCUT2D eigenvalue weighted by Crippen LogP contribution is -2.41. The summed E-state index contributed by atoms with van der Waals surface area (Å²) in [7, 11) is 0. The molecule has 1 unspecified atom stereocenters. The smallest absolute Gasteiger partial charge is 0.0275 e. The lowest BCUT2D eigenvalue weighted by Gasteiger charge is -2.49. The normalized spacial score (nSPS) is 17.3. The minimum Gasteiger partial charge on any atom is -0.0615 e. The van der Waals surface area contributed by atoms with Crippen molar-refractivity contribution in [1.29, 1.82) is 0 Å². The SMILES string of the molecule is CC(C(C)(C)C)C(C)(C)C(C)(C)C. The van der Waals surface area contributed by atoms with E-state index in [2.05, 4.69) is 62.3 Å². The molecule has 0 aliphatic carbocycles. The fraction of sp³-hybridized carbons (Fsp3) is 1.00. The van der Waals surface area contributed by atoms with Crippen LogP contribution in [0.5, 0.6) is 0 Å². The molecule has 13 heavy (non-hydrogen) atoms. The molecule has 1 atom stereocenters. The number of hydrogen-bond donors (Lipinski definition) is 0. The van der Waals surface area contributed by atoms with Gasteiger partial charge in [0.15, 0.2) is 0 Å². The Bertz CT molecular complexity index is 161. The van der Waals surface area contributed by atoms with Crippen LogP contribution < -0.4 is 0 Å². The molecule has 0 radical (unpaired) electrons. The highest BCUT2D eigenvalue weighted by Crippen LogP contribution is 2.50. The molecule has 80 valence electrons. The van der Waals surface area contributed by atoms with Crippen LogP contribution in [0.15, 0.2) is 0 Å². The Kier molecular flexibility index (Phi) is 3.29. The first-order valence-electron chi connectivity index (χ1n) is 5.40. The molecule has 0 heterocycles. The van der Waals surface area contributed by atoms with E-state index in [9.17, 15) is 0 Å². The standard InChI is InChI=1S/C13H28/c1-10(11(2,3)4)13(8,9)12(5,6)7/h10H,1-9H3. The highest BCUT2D eigenvalue weighted by molar-refractivity contribution is 4.91. The second kappa shape index (κ2) is 3.29. The van der Waals surface area contributed by atoms with Crippen molar-refractivity contribution in [3.05, 3.63) is 0 Å². The summed E-state index contributed by atoms with van der Waals surface area (Å²) in [5.74, 6) is 0.722. The predicted molar refractivity (Wildman–Crippen MR) is 61.9 cm³/mol. The topological polar surface area (TPSA) is 0 Å². The van der Waals surface area contributed by atoms with Crippen molar-refractivity contribution < 1.29 is 0 Å². The monoisotopic (exact) mass is 184 g/mol. The molecule has 0 amide bonds. The van der Waals surface area contributed by atoms with Crippen molar-refractivity contribution in [2.45, 2.75) is 62.3 Å². The third-order valence-electron chi connectivity index (χ3n) is 4.31. The number of rotatable bonds is 1. The van der Waals surface area contributed by atoms with Crippen LogP contribution in [0.25, 0.3) is 0 Å². The van der Waals surface area contributed by atoms with E-state index in [4.69, 9.17) is 0 Å². The van der Waals surface area contributed by atoms with Crippen molar-refractivity contribution in [2.75, 3.05) is 0 Å². The maximum Gasteiger partial charge on any atom is -0.0275 e. The lowest BCUT2D eigenvalue weighted by atomic mass is 9.56. The molecule has 0 aromatic carbocycles. The van der Waals surface area contributed by atoms with Gasteiger partial charge in [0.2, 0.25) is 0 Å². The summed E-state index contributed by atoms with van der Waals surface area (Å²) in [6.07, 6.45) is 0. The van der Waals surface area contributed by atoms with Crippen LogP contribution in [0.4, 0.5) is 0 Å². The predicted octanol–water partition coefficient (Wildman–Crippen LogP) is 4.74. The molecular formula is C13H28. The molecule has 0 aliphatic rings. The Morgan fingerprint density at radius 1 is 0.692 bits per heavy atom. The van der Waals surface area contributed by atoms with Gasteiger partial charge in [-0.1, -0.05) is 62.3 Å². The Balaban J connectivity index is 4.86. The average molecular weight is 184 g/mol. The van der Waals surface area contributed by atoms with Gasteiger partial charge in [-0.3, -0.25) is 0 Å². The molecule has 0 nitrogen and oxygen atoms in total. The van der Waals surface area contributed by atoms with Gasteiger partial charge in [0.05, 0.1) is 0 Å². The van der Waals surface area contributed by atoms with Gasteiger partial charge in [-0.2, -0.15) is 0 Å². The van der Waals surface area contributed by atoms with Gasteiger partial charge in [-0.15, -0.1) is 0 Å². The molecule has 0 bridgehead atoms. The first kappa shape index (κ1) is 13.0. The highest BCUT2D eigenvalue weighted by Gasteiger charge is 2.42. The fourth-order valence-electron chi connectivity index (χ4n) is 1.73.